The van der Waals surface area contributed by atoms with Gasteiger partial charge in [-0.3, -0.25) is 0 Å². The molecule has 2 atom stereocenters. The Morgan fingerprint density at radius 1 is 0.580 bits per heavy atom. The van der Waals surface area contributed by atoms with Gasteiger partial charge in [-0.1, -0.05) is 109 Å². The second kappa shape index (κ2) is 11.3. The van der Waals surface area contributed by atoms with Crippen LogP contribution in [0.2, 0.25) is 0 Å². The number of rotatable bonds is 3. The van der Waals surface area contributed by atoms with Crippen LogP contribution in [0.15, 0.2) is 139 Å². The standard InChI is InChI=1S/C46H26N4/c47-23-31(24-48)45-41-19-29(35-13-5-9-27-7-1-3-11-33(27)35)15-17-37(41)39-21-44-40(22-43(39)45)38-18-16-30(20-42(38)46(44)32(25-49)26-50)36-14-6-10-28-8-2-4-12-34(28)36/h1-19,21-22,30-31,45H,20H2. The van der Waals surface area contributed by atoms with Gasteiger partial charge in [0.1, 0.15) is 23.6 Å². The second-order valence-corrected chi connectivity index (χ2v) is 13.1. The average molecular weight is 635 g/mol. The highest BCUT2D eigenvalue weighted by Gasteiger charge is 2.39. The van der Waals surface area contributed by atoms with Crippen molar-refractivity contribution in [2.24, 2.45) is 5.92 Å². The molecule has 0 N–H and O–H groups in total. The smallest absolute Gasteiger partial charge is 0.144 e. The van der Waals surface area contributed by atoms with E-state index in [1.807, 2.05) is 18.2 Å². The molecule has 50 heavy (non-hydrogen) atoms. The summed E-state index contributed by atoms with van der Waals surface area (Å²) in [5.41, 5.74) is 11.7. The zero-order chi connectivity index (χ0) is 33.9. The Morgan fingerprint density at radius 3 is 2.02 bits per heavy atom. The van der Waals surface area contributed by atoms with Gasteiger partial charge in [0.25, 0.3) is 0 Å². The number of fused-ring (bicyclic) bond motifs is 7. The lowest BCUT2D eigenvalue weighted by Gasteiger charge is -2.22. The highest BCUT2D eigenvalue weighted by molar-refractivity contribution is 6.08. The molecule has 6 aromatic rings. The zero-order valence-corrected chi connectivity index (χ0v) is 26.9. The minimum absolute atomic E-state index is 0.0668. The first-order valence-corrected chi connectivity index (χ1v) is 16.7. The van der Waals surface area contributed by atoms with Crippen molar-refractivity contribution in [1.29, 1.82) is 21.0 Å². The first kappa shape index (κ1) is 29.2. The van der Waals surface area contributed by atoms with Crippen LogP contribution in [-0.4, -0.2) is 0 Å². The van der Waals surface area contributed by atoms with Crippen LogP contribution >= 0.6 is 0 Å². The Balaban J connectivity index is 1.22. The van der Waals surface area contributed by atoms with Crippen LogP contribution in [0.5, 0.6) is 0 Å². The van der Waals surface area contributed by atoms with Gasteiger partial charge in [-0.2, -0.15) is 21.0 Å². The van der Waals surface area contributed by atoms with Crippen LogP contribution in [0.1, 0.15) is 46.1 Å². The molecule has 0 aliphatic heterocycles. The van der Waals surface area contributed by atoms with Gasteiger partial charge in [-0.15, -0.1) is 0 Å². The average Bonchev–Trinajstić information content (AvgIpc) is 3.65. The van der Waals surface area contributed by atoms with Gasteiger partial charge in [0, 0.05) is 17.4 Å². The molecule has 0 aromatic heterocycles. The van der Waals surface area contributed by atoms with Gasteiger partial charge in [0.05, 0.1) is 12.1 Å². The number of nitrogens with zero attached hydrogens (tertiary/aromatic N) is 4. The van der Waals surface area contributed by atoms with E-state index in [9.17, 15) is 21.0 Å². The summed E-state index contributed by atoms with van der Waals surface area (Å²) in [5.74, 6) is -1.28. The van der Waals surface area contributed by atoms with Crippen LogP contribution in [0.4, 0.5) is 0 Å². The van der Waals surface area contributed by atoms with E-state index < -0.39 is 11.8 Å². The van der Waals surface area contributed by atoms with E-state index in [0.717, 1.165) is 66.4 Å². The molecule has 0 bridgehead atoms. The molecule has 0 radical (unpaired) electrons. The highest BCUT2D eigenvalue weighted by atomic mass is 14.4. The van der Waals surface area contributed by atoms with Crippen molar-refractivity contribution in [2.45, 2.75) is 18.3 Å². The van der Waals surface area contributed by atoms with Crippen molar-refractivity contribution < 1.29 is 0 Å². The Morgan fingerprint density at radius 2 is 1.26 bits per heavy atom. The van der Waals surface area contributed by atoms with Crippen molar-refractivity contribution in [3.8, 4) is 46.5 Å². The van der Waals surface area contributed by atoms with E-state index in [1.165, 1.54) is 16.3 Å². The van der Waals surface area contributed by atoms with Crippen molar-refractivity contribution in [3.05, 3.63) is 166 Å². The van der Waals surface area contributed by atoms with Crippen LogP contribution in [0.25, 0.3) is 54.9 Å². The quantitative estimate of drug-likeness (QED) is 0.181. The predicted octanol–water partition coefficient (Wildman–Crippen LogP) is 10.7. The summed E-state index contributed by atoms with van der Waals surface area (Å²) >= 11 is 0. The van der Waals surface area contributed by atoms with Gasteiger partial charge in [-0.25, -0.2) is 0 Å². The third-order valence-corrected chi connectivity index (χ3v) is 10.7. The third-order valence-electron chi connectivity index (χ3n) is 10.7. The van der Waals surface area contributed by atoms with Crippen LogP contribution in [-0.2, 0) is 0 Å². The van der Waals surface area contributed by atoms with E-state index in [4.69, 9.17) is 0 Å². The van der Waals surface area contributed by atoms with Crippen molar-refractivity contribution in [3.63, 3.8) is 0 Å². The fraction of sp³-hybridized carbons (Fsp3) is 0.0870. The first-order valence-electron chi connectivity index (χ1n) is 16.7. The largest absolute Gasteiger partial charge is 0.197 e. The van der Waals surface area contributed by atoms with E-state index in [1.54, 1.807) is 0 Å². The van der Waals surface area contributed by atoms with Crippen LogP contribution in [0, 0.1) is 51.2 Å². The molecule has 6 aromatic carbocycles. The van der Waals surface area contributed by atoms with E-state index in [-0.39, 0.29) is 11.5 Å². The Hall–Kier alpha value is -6.98. The maximum Gasteiger partial charge on any atom is 0.144 e. The van der Waals surface area contributed by atoms with Gasteiger partial charge in [-0.05, 0) is 107 Å². The molecule has 0 spiro atoms. The van der Waals surface area contributed by atoms with E-state index in [2.05, 4.69) is 133 Å². The van der Waals surface area contributed by atoms with Crippen LogP contribution < -0.4 is 0 Å². The molecule has 0 saturated heterocycles. The molecule has 3 aliphatic rings. The normalized spacial score (nSPS) is 16.6. The Labute approximate surface area is 290 Å². The summed E-state index contributed by atoms with van der Waals surface area (Å²) in [4.78, 5) is 0. The number of nitriles is 4. The van der Waals surface area contributed by atoms with Crippen molar-refractivity contribution >= 4 is 32.7 Å². The third kappa shape index (κ3) is 4.20. The fourth-order valence-corrected chi connectivity index (χ4v) is 8.52. The molecule has 9 rings (SSSR count). The summed E-state index contributed by atoms with van der Waals surface area (Å²) in [6, 6.07) is 48.8. The SMILES string of the molecule is N#CC(C#N)=C1C2=C(C=CC(c3cccc4ccccc34)C2)c2cc3c(cc21)-c1ccc(-c2cccc4ccccc24)cc1C3C(C#N)C#N. The lowest BCUT2D eigenvalue weighted by Crippen LogP contribution is -2.09. The van der Waals surface area contributed by atoms with Gasteiger partial charge < -0.3 is 0 Å². The molecular formula is C46H26N4. The monoisotopic (exact) mass is 634 g/mol. The first-order chi connectivity index (χ1) is 24.6. The zero-order valence-electron chi connectivity index (χ0n) is 26.9. The molecule has 0 heterocycles. The van der Waals surface area contributed by atoms with Crippen molar-refractivity contribution in [2.75, 3.05) is 0 Å². The minimum atomic E-state index is -0.896. The lowest BCUT2D eigenvalue weighted by atomic mass is 9.81. The van der Waals surface area contributed by atoms with Crippen molar-refractivity contribution in [1.82, 2.24) is 0 Å². The Kier molecular flexibility index (Phi) is 6.61. The Bertz CT molecular complexity index is 2710. The lowest BCUT2D eigenvalue weighted by molar-refractivity contribution is 0.725. The van der Waals surface area contributed by atoms with Gasteiger partial charge in [0.2, 0.25) is 0 Å². The molecule has 0 saturated carbocycles. The topological polar surface area (TPSA) is 95.2 Å². The summed E-state index contributed by atoms with van der Waals surface area (Å²) in [5, 5.41) is 45.6. The highest BCUT2D eigenvalue weighted by Crippen LogP contribution is 2.56. The summed E-state index contributed by atoms with van der Waals surface area (Å²) in [6.45, 7) is 0. The number of benzene rings is 6. The molecule has 3 aliphatic carbocycles. The maximum atomic E-state index is 10.3. The molecule has 4 heteroatoms. The molecule has 230 valence electrons. The number of allylic oxidation sites excluding steroid dienone is 6. The van der Waals surface area contributed by atoms with Gasteiger partial charge >= 0.3 is 0 Å². The molecule has 0 fully saturated rings. The number of hydrogen-bond acceptors (Lipinski definition) is 4. The minimum Gasteiger partial charge on any atom is -0.197 e. The fourth-order valence-electron chi connectivity index (χ4n) is 8.52. The van der Waals surface area contributed by atoms with Crippen LogP contribution in [0.3, 0.4) is 0 Å². The summed E-state index contributed by atoms with van der Waals surface area (Å²) < 4.78 is 0. The number of hydrogen-bond donors (Lipinski definition) is 0. The summed E-state index contributed by atoms with van der Waals surface area (Å²) in [7, 11) is 0. The summed E-state index contributed by atoms with van der Waals surface area (Å²) in [6.07, 6.45) is 5.02. The predicted molar refractivity (Wildman–Crippen MR) is 197 cm³/mol. The molecular weight excluding hydrogens is 609 g/mol. The van der Waals surface area contributed by atoms with Gasteiger partial charge in [0.15, 0.2) is 0 Å². The molecule has 2 unspecified atom stereocenters. The van der Waals surface area contributed by atoms with E-state index in [0.29, 0.717) is 12.0 Å². The van der Waals surface area contributed by atoms with E-state index >= 15 is 0 Å². The molecule has 0 amide bonds. The maximum absolute atomic E-state index is 10.3. The second-order valence-electron chi connectivity index (χ2n) is 13.1. The molecule has 4 nitrogen and oxygen atoms in total.